The predicted octanol–water partition coefficient (Wildman–Crippen LogP) is 4.07. The van der Waals surface area contributed by atoms with Gasteiger partial charge in [-0.15, -0.1) is 11.3 Å². The van der Waals surface area contributed by atoms with Crippen LogP contribution in [-0.4, -0.2) is 40.8 Å². The van der Waals surface area contributed by atoms with Crippen molar-refractivity contribution in [2.24, 2.45) is 11.5 Å². The molecule has 4 rings (SSSR count). The topological polar surface area (TPSA) is 102 Å². The summed E-state index contributed by atoms with van der Waals surface area (Å²) in [7, 11) is 0. The lowest BCUT2D eigenvalue weighted by Crippen LogP contribution is -2.48. The number of hydrogen-bond acceptors (Lipinski definition) is 5. The summed E-state index contributed by atoms with van der Waals surface area (Å²) in [6, 6.07) is 6.05. The summed E-state index contributed by atoms with van der Waals surface area (Å²) in [6.45, 7) is 10.7. The van der Waals surface area contributed by atoms with E-state index in [9.17, 15) is 9.59 Å². The van der Waals surface area contributed by atoms with E-state index in [-0.39, 0.29) is 23.2 Å². The Morgan fingerprint density at radius 1 is 1.12 bits per heavy atom. The first-order valence-electron chi connectivity index (χ1n) is 11.9. The molecule has 1 aliphatic carbocycles. The molecular formula is C26H36N4O2S. The minimum absolute atomic E-state index is 0.108. The average Bonchev–Trinajstić information content (AvgIpc) is 3.26. The highest BCUT2D eigenvalue weighted by Crippen LogP contribution is 2.47. The number of hydrogen-bond donors (Lipinski definition) is 2. The summed E-state index contributed by atoms with van der Waals surface area (Å²) in [6.07, 6.45) is 4.01. The van der Waals surface area contributed by atoms with Crippen molar-refractivity contribution >= 4 is 23.2 Å². The van der Waals surface area contributed by atoms with Crippen molar-refractivity contribution < 1.29 is 9.59 Å². The molecule has 0 saturated carbocycles. The molecule has 4 N–H and O–H groups in total. The third-order valence-electron chi connectivity index (χ3n) is 7.56. The van der Waals surface area contributed by atoms with E-state index in [1.807, 2.05) is 0 Å². The van der Waals surface area contributed by atoms with Crippen molar-refractivity contribution in [2.75, 3.05) is 13.1 Å². The van der Waals surface area contributed by atoms with Gasteiger partial charge in [0.1, 0.15) is 0 Å². The number of nitrogens with two attached hydrogens (primary N) is 2. The highest BCUT2D eigenvalue weighted by molar-refractivity contribution is 7.10. The SMILES string of the molecule is CC1(C)CCC(C)(C)c2cc(-c3csc(C4CCN(C(=O)[C@@H](N)CC(N)=O)CC4)n3)ccc21. The summed E-state index contributed by atoms with van der Waals surface area (Å²) in [5.41, 5.74) is 16.5. The molecule has 7 heteroatoms. The first-order chi connectivity index (χ1) is 15.5. The number of carbonyl (C=O) groups is 2. The average molecular weight is 469 g/mol. The van der Waals surface area contributed by atoms with Gasteiger partial charge in [0.15, 0.2) is 0 Å². The van der Waals surface area contributed by atoms with E-state index < -0.39 is 11.9 Å². The molecule has 1 aliphatic heterocycles. The zero-order chi connectivity index (χ0) is 24.0. The van der Waals surface area contributed by atoms with Crippen LogP contribution in [0.1, 0.15) is 81.9 Å². The molecule has 1 aromatic carbocycles. The number of piperidine rings is 1. The Morgan fingerprint density at radius 3 is 2.39 bits per heavy atom. The highest BCUT2D eigenvalue weighted by atomic mass is 32.1. The van der Waals surface area contributed by atoms with Gasteiger partial charge in [0.25, 0.3) is 0 Å². The van der Waals surface area contributed by atoms with Gasteiger partial charge in [0.05, 0.1) is 23.2 Å². The van der Waals surface area contributed by atoms with E-state index in [1.165, 1.54) is 29.5 Å². The second-order valence-corrected chi connectivity index (χ2v) is 11.9. The van der Waals surface area contributed by atoms with E-state index in [2.05, 4.69) is 51.3 Å². The molecule has 0 unspecified atom stereocenters. The molecule has 2 aromatic rings. The molecule has 6 nitrogen and oxygen atoms in total. The normalized spacial score (nSPS) is 20.8. The number of thiazole rings is 1. The van der Waals surface area contributed by atoms with Gasteiger partial charge in [0.2, 0.25) is 11.8 Å². The zero-order valence-electron chi connectivity index (χ0n) is 20.2. The van der Waals surface area contributed by atoms with E-state index in [4.69, 9.17) is 16.5 Å². The minimum Gasteiger partial charge on any atom is -0.370 e. The molecule has 178 valence electrons. The van der Waals surface area contributed by atoms with Crippen LogP contribution in [0.15, 0.2) is 23.6 Å². The second-order valence-electron chi connectivity index (χ2n) is 11.0. The summed E-state index contributed by atoms with van der Waals surface area (Å²) in [5.74, 6) is -0.393. The van der Waals surface area contributed by atoms with Crippen LogP contribution < -0.4 is 11.5 Å². The van der Waals surface area contributed by atoms with Gasteiger partial charge in [-0.3, -0.25) is 9.59 Å². The Bertz CT molecular complexity index is 1050. The van der Waals surface area contributed by atoms with Crippen molar-refractivity contribution in [1.82, 2.24) is 9.88 Å². The number of benzene rings is 1. The first-order valence-corrected chi connectivity index (χ1v) is 12.8. The van der Waals surface area contributed by atoms with Gasteiger partial charge in [-0.2, -0.15) is 0 Å². The fourth-order valence-electron chi connectivity index (χ4n) is 5.24. The Balaban J connectivity index is 1.46. The van der Waals surface area contributed by atoms with Crippen LogP contribution in [0, 0.1) is 0 Å². The number of nitrogens with zero attached hydrogens (tertiary/aromatic N) is 2. The molecule has 1 fully saturated rings. The third kappa shape index (κ3) is 4.85. The van der Waals surface area contributed by atoms with Crippen LogP contribution >= 0.6 is 11.3 Å². The van der Waals surface area contributed by atoms with Crippen molar-refractivity contribution in [3.63, 3.8) is 0 Å². The lowest BCUT2D eigenvalue weighted by molar-refractivity contribution is -0.135. The maximum absolute atomic E-state index is 12.5. The molecule has 1 atom stereocenters. The number of primary amides is 1. The summed E-state index contributed by atoms with van der Waals surface area (Å²) in [5, 5.41) is 3.30. The van der Waals surface area contributed by atoms with E-state index >= 15 is 0 Å². The zero-order valence-corrected chi connectivity index (χ0v) is 21.0. The Kier molecular flexibility index (Phi) is 6.40. The van der Waals surface area contributed by atoms with Gasteiger partial charge in [0, 0.05) is 30.0 Å². The van der Waals surface area contributed by atoms with E-state index in [1.54, 1.807) is 16.2 Å². The van der Waals surface area contributed by atoms with Crippen LogP contribution in [-0.2, 0) is 20.4 Å². The highest BCUT2D eigenvalue weighted by Gasteiger charge is 2.37. The molecule has 1 aromatic heterocycles. The maximum Gasteiger partial charge on any atom is 0.240 e. The number of rotatable bonds is 5. The van der Waals surface area contributed by atoms with Crippen LogP contribution in [0.2, 0.25) is 0 Å². The van der Waals surface area contributed by atoms with Crippen LogP contribution in [0.25, 0.3) is 11.3 Å². The Labute approximate surface area is 200 Å². The molecule has 0 radical (unpaired) electrons. The lowest BCUT2D eigenvalue weighted by Gasteiger charge is -2.42. The number of aromatic nitrogens is 1. The van der Waals surface area contributed by atoms with E-state index in [0.29, 0.717) is 19.0 Å². The van der Waals surface area contributed by atoms with Crippen LogP contribution in [0.5, 0.6) is 0 Å². The number of likely N-dealkylation sites (tertiary alicyclic amines) is 1. The van der Waals surface area contributed by atoms with Gasteiger partial charge < -0.3 is 16.4 Å². The Morgan fingerprint density at radius 2 is 1.76 bits per heavy atom. The molecule has 2 amide bonds. The molecular weight excluding hydrogens is 432 g/mol. The molecule has 0 spiro atoms. The third-order valence-corrected chi connectivity index (χ3v) is 8.57. The van der Waals surface area contributed by atoms with Crippen LogP contribution in [0.3, 0.4) is 0 Å². The quantitative estimate of drug-likeness (QED) is 0.690. The lowest BCUT2D eigenvalue weighted by atomic mass is 9.63. The summed E-state index contributed by atoms with van der Waals surface area (Å²) in [4.78, 5) is 30.3. The minimum atomic E-state index is -0.844. The van der Waals surface area contributed by atoms with Crippen LogP contribution in [0.4, 0.5) is 0 Å². The summed E-state index contributed by atoms with van der Waals surface area (Å²) < 4.78 is 0. The smallest absolute Gasteiger partial charge is 0.240 e. The first kappa shape index (κ1) is 23.9. The van der Waals surface area contributed by atoms with Crippen molar-refractivity contribution in [2.45, 2.75) is 82.6 Å². The second kappa shape index (κ2) is 8.84. The molecule has 2 aliphatic rings. The fraction of sp³-hybridized carbons (Fsp3) is 0.577. The van der Waals surface area contributed by atoms with Gasteiger partial charge in [-0.1, -0.05) is 39.8 Å². The van der Waals surface area contributed by atoms with E-state index in [0.717, 1.165) is 23.5 Å². The number of amides is 2. The summed E-state index contributed by atoms with van der Waals surface area (Å²) >= 11 is 1.71. The van der Waals surface area contributed by atoms with Crippen molar-refractivity contribution in [1.29, 1.82) is 0 Å². The Hall–Kier alpha value is -2.25. The molecule has 1 saturated heterocycles. The van der Waals surface area contributed by atoms with Gasteiger partial charge in [-0.25, -0.2) is 4.98 Å². The predicted molar refractivity (Wildman–Crippen MR) is 133 cm³/mol. The van der Waals surface area contributed by atoms with Gasteiger partial charge in [-0.05, 0) is 53.7 Å². The van der Waals surface area contributed by atoms with Gasteiger partial charge >= 0.3 is 0 Å². The molecule has 33 heavy (non-hydrogen) atoms. The van der Waals surface area contributed by atoms with Crippen molar-refractivity contribution in [3.8, 4) is 11.3 Å². The number of fused-ring (bicyclic) bond motifs is 1. The standard InChI is InChI=1S/C26H36N4O2S/c1-25(2)9-10-26(3,4)19-13-17(5-6-18(19)25)21-15-33-23(29-21)16-7-11-30(12-8-16)24(32)20(27)14-22(28)31/h5-6,13,15-16,20H,7-12,14,27H2,1-4H3,(H2,28,31)/t20-/m0/s1. The molecule has 2 heterocycles. The fourth-order valence-corrected chi connectivity index (χ4v) is 6.24. The number of carbonyl (C=O) groups excluding carboxylic acids is 2. The largest absolute Gasteiger partial charge is 0.370 e. The maximum atomic E-state index is 12.5. The monoisotopic (exact) mass is 468 g/mol. The molecule has 0 bridgehead atoms. The van der Waals surface area contributed by atoms with Crippen molar-refractivity contribution in [3.05, 3.63) is 39.7 Å².